The van der Waals surface area contributed by atoms with Crippen LogP contribution in [0.15, 0.2) is 53.5 Å². The summed E-state index contributed by atoms with van der Waals surface area (Å²) in [6, 6.07) is 14.7. The normalized spacial score (nSPS) is 12.5. The molecule has 29 heavy (non-hydrogen) atoms. The molecule has 2 aromatic rings. The van der Waals surface area contributed by atoms with Crippen LogP contribution in [-0.4, -0.2) is 55.9 Å². The molecule has 0 saturated carbocycles. The van der Waals surface area contributed by atoms with Crippen molar-refractivity contribution in [2.45, 2.75) is 26.2 Å². The van der Waals surface area contributed by atoms with Gasteiger partial charge in [-0.25, -0.2) is 4.39 Å². The summed E-state index contributed by atoms with van der Waals surface area (Å²) >= 11 is 0. The van der Waals surface area contributed by atoms with Gasteiger partial charge in [0.2, 0.25) is 0 Å². The first-order chi connectivity index (χ1) is 14.0. The Morgan fingerprint density at radius 3 is 2.62 bits per heavy atom. The second kappa shape index (κ2) is 12.0. The number of halogens is 1. The molecule has 0 aromatic heterocycles. The number of nitrogens with one attached hydrogen (secondary N) is 1. The van der Waals surface area contributed by atoms with E-state index in [-0.39, 0.29) is 18.9 Å². The van der Waals surface area contributed by atoms with E-state index in [1.807, 2.05) is 55.3 Å². The van der Waals surface area contributed by atoms with E-state index in [2.05, 4.69) is 10.3 Å². The summed E-state index contributed by atoms with van der Waals surface area (Å²) in [4.78, 5) is 6.35. The van der Waals surface area contributed by atoms with Gasteiger partial charge >= 0.3 is 0 Å². The molecule has 0 radical (unpaired) electrons. The minimum absolute atomic E-state index is 0.200. The van der Waals surface area contributed by atoms with Crippen LogP contribution < -0.4 is 10.1 Å². The van der Waals surface area contributed by atoms with Crippen LogP contribution in [0.3, 0.4) is 0 Å². The lowest BCUT2D eigenvalue weighted by molar-refractivity contribution is 0.0330. The molecule has 0 spiro atoms. The fourth-order valence-corrected chi connectivity index (χ4v) is 2.76. The first-order valence-electron chi connectivity index (χ1n) is 9.65. The van der Waals surface area contributed by atoms with Crippen molar-refractivity contribution in [3.8, 4) is 5.75 Å². The van der Waals surface area contributed by atoms with Crippen molar-refractivity contribution in [2.24, 2.45) is 4.99 Å². The Labute approximate surface area is 172 Å². The van der Waals surface area contributed by atoms with Crippen LogP contribution in [0.2, 0.25) is 0 Å². The zero-order valence-electron chi connectivity index (χ0n) is 17.3. The van der Waals surface area contributed by atoms with E-state index in [4.69, 9.17) is 9.47 Å². The number of benzene rings is 2. The van der Waals surface area contributed by atoms with Crippen molar-refractivity contribution < 1.29 is 19.0 Å². The second-order valence-corrected chi connectivity index (χ2v) is 6.67. The monoisotopic (exact) mass is 403 g/mol. The van der Waals surface area contributed by atoms with Gasteiger partial charge < -0.3 is 24.8 Å². The molecule has 1 atom stereocenters. The van der Waals surface area contributed by atoms with Crippen LogP contribution in [0.4, 0.5) is 4.39 Å². The van der Waals surface area contributed by atoms with Gasteiger partial charge in [-0.15, -0.1) is 0 Å². The van der Waals surface area contributed by atoms with Gasteiger partial charge in [0, 0.05) is 20.1 Å². The molecule has 0 heterocycles. The number of rotatable bonds is 10. The number of aliphatic hydroxyl groups excluding tert-OH is 1. The van der Waals surface area contributed by atoms with E-state index in [0.29, 0.717) is 25.7 Å². The van der Waals surface area contributed by atoms with E-state index in [0.717, 1.165) is 11.1 Å². The summed E-state index contributed by atoms with van der Waals surface area (Å²) < 4.78 is 24.4. The maximum atomic E-state index is 13.9. The predicted molar refractivity (Wildman–Crippen MR) is 113 cm³/mol. The van der Waals surface area contributed by atoms with E-state index >= 15 is 0 Å². The Morgan fingerprint density at radius 1 is 1.21 bits per heavy atom. The lowest BCUT2D eigenvalue weighted by Gasteiger charge is -2.23. The SMILES string of the molecule is CCNC(=NCC(O)COCc1ccccc1)N(C)Cc1ccc(OC)c(F)c1. The van der Waals surface area contributed by atoms with Crippen LogP contribution in [0.1, 0.15) is 18.1 Å². The molecule has 0 aliphatic carbocycles. The molecule has 6 nitrogen and oxygen atoms in total. The minimum atomic E-state index is -0.709. The average molecular weight is 403 g/mol. The van der Waals surface area contributed by atoms with Crippen LogP contribution >= 0.6 is 0 Å². The van der Waals surface area contributed by atoms with Crippen LogP contribution in [0.25, 0.3) is 0 Å². The molecule has 0 bridgehead atoms. The van der Waals surface area contributed by atoms with Crippen molar-refractivity contribution in [1.29, 1.82) is 0 Å². The van der Waals surface area contributed by atoms with Crippen molar-refractivity contribution in [1.82, 2.24) is 10.2 Å². The highest BCUT2D eigenvalue weighted by Gasteiger charge is 2.11. The first-order valence-corrected chi connectivity index (χ1v) is 9.65. The van der Waals surface area contributed by atoms with Crippen LogP contribution in [0, 0.1) is 5.82 Å². The average Bonchev–Trinajstić information content (AvgIpc) is 2.72. The molecule has 0 amide bonds. The summed E-state index contributed by atoms with van der Waals surface area (Å²) in [5.74, 6) is 0.452. The highest BCUT2D eigenvalue weighted by atomic mass is 19.1. The van der Waals surface area contributed by atoms with Crippen molar-refractivity contribution in [3.05, 3.63) is 65.5 Å². The van der Waals surface area contributed by atoms with E-state index in [1.54, 1.807) is 6.07 Å². The number of aliphatic hydroxyl groups is 1. The summed E-state index contributed by atoms with van der Waals surface area (Å²) in [6.45, 7) is 3.97. The molecule has 2 N–H and O–H groups in total. The van der Waals surface area contributed by atoms with Gasteiger partial charge in [0.05, 0.1) is 33.0 Å². The number of hydrogen-bond donors (Lipinski definition) is 2. The largest absolute Gasteiger partial charge is 0.494 e. The Kier molecular flexibility index (Phi) is 9.40. The predicted octanol–water partition coefficient (Wildman–Crippen LogP) is 2.81. The van der Waals surface area contributed by atoms with Crippen molar-refractivity contribution >= 4 is 5.96 Å². The number of ether oxygens (including phenoxy) is 2. The summed E-state index contributed by atoms with van der Waals surface area (Å²) in [5, 5.41) is 13.4. The standard InChI is InChI=1S/C22H30FN3O3/c1-4-24-22(26(2)14-18-10-11-21(28-3)20(23)12-18)25-13-19(27)16-29-15-17-8-6-5-7-9-17/h5-12,19,27H,4,13-16H2,1-3H3,(H,24,25). The molecular weight excluding hydrogens is 373 g/mol. The van der Waals surface area contributed by atoms with Crippen molar-refractivity contribution in [2.75, 3.05) is 33.9 Å². The lowest BCUT2D eigenvalue weighted by Crippen LogP contribution is -2.39. The number of hydrogen-bond acceptors (Lipinski definition) is 4. The molecule has 0 aliphatic rings. The topological polar surface area (TPSA) is 66.3 Å². The number of nitrogens with zero attached hydrogens (tertiary/aromatic N) is 2. The third-order valence-electron chi connectivity index (χ3n) is 4.21. The Hall–Kier alpha value is -2.64. The molecular formula is C22H30FN3O3. The quantitative estimate of drug-likeness (QED) is 0.472. The number of methoxy groups -OCH3 is 1. The maximum absolute atomic E-state index is 13.9. The van der Waals surface area contributed by atoms with Gasteiger partial charge in [-0.05, 0) is 30.2 Å². The summed E-state index contributed by atoms with van der Waals surface area (Å²) in [7, 11) is 3.30. The van der Waals surface area contributed by atoms with E-state index < -0.39 is 11.9 Å². The third kappa shape index (κ3) is 7.71. The third-order valence-corrected chi connectivity index (χ3v) is 4.21. The second-order valence-electron chi connectivity index (χ2n) is 6.67. The molecule has 158 valence electrons. The molecule has 0 fully saturated rings. The zero-order chi connectivity index (χ0) is 21.1. The van der Waals surface area contributed by atoms with Gasteiger partial charge in [-0.1, -0.05) is 36.4 Å². The van der Waals surface area contributed by atoms with Gasteiger partial charge in [-0.2, -0.15) is 0 Å². The van der Waals surface area contributed by atoms with Crippen LogP contribution in [-0.2, 0) is 17.9 Å². The molecule has 0 saturated heterocycles. The van der Waals surface area contributed by atoms with Gasteiger partial charge in [0.15, 0.2) is 17.5 Å². The molecule has 2 rings (SSSR count). The molecule has 7 heteroatoms. The molecule has 1 unspecified atom stereocenters. The molecule has 0 aliphatic heterocycles. The summed E-state index contributed by atoms with van der Waals surface area (Å²) in [6.07, 6.45) is -0.709. The van der Waals surface area contributed by atoms with Crippen molar-refractivity contribution in [3.63, 3.8) is 0 Å². The smallest absolute Gasteiger partial charge is 0.194 e. The number of aliphatic imine (C=N–C) groups is 1. The van der Waals surface area contributed by atoms with Gasteiger partial charge in [0.25, 0.3) is 0 Å². The lowest BCUT2D eigenvalue weighted by atomic mass is 10.2. The fraction of sp³-hybridized carbons (Fsp3) is 0.409. The zero-order valence-corrected chi connectivity index (χ0v) is 17.3. The highest BCUT2D eigenvalue weighted by molar-refractivity contribution is 5.79. The Morgan fingerprint density at radius 2 is 1.97 bits per heavy atom. The minimum Gasteiger partial charge on any atom is -0.494 e. The van der Waals surface area contributed by atoms with Crippen LogP contribution in [0.5, 0.6) is 5.75 Å². The Bertz CT molecular complexity index is 771. The summed E-state index contributed by atoms with van der Waals surface area (Å²) in [5.41, 5.74) is 1.85. The molecule has 2 aromatic carbocycles. The van der Waals surface area contributed by atoms with E-state index in [9.17, 15) is 9.50 Å². The number of guanidine groups is 1. The Balaban J connectivity index is 1.87. The van der Waals surface area contributed by atoms with Gasteiger partial charge in [0.1, 0.15) is 0 Å². The first kappa shape index (κ1) is 22.6. The maximum Gasteiger partial charge on any atom is 0.194 e. The fourth-order valence-electron chi connectivity index (χ4n) is 2.76. The van der Waals surface area contributed by atoms with Gasteiger partial charge in [-0.3, -0.25) is 4.99 Å². The highest BCUT2D eigenvalue weighted by Crippen LogP contribution is 2.18. The van der Waals surface area contributed by atoms with E-state index in [1.165, 1.54) is 13.2 Å².